The highest BCUT2D eigenvalue weighted by Gasteiger charge is 2.38. The topological polar surface area (TPSA) is 61.9 Å². The zero-order chi connectivity index (χ0) is 21.6. The smallest absolute Gasteiger partial charge is 0.225 e. The van der Waals surface area contributed by atoms with Crippen molar-refractivity contribution < 1.29 is 18.7 Å². The first kappa shape index (κ1) is 22.2. The average Bonchev–Trinajstić information content (AvgIpc) is 2.98. The molecule has 1 aromatic rings. The molecule has 7 heteroatoms. The third kappa shape index (κ3) is 5.63. The molecular weight excluding hydrogens is 397 g/mol. The molecule has 1 saturated carbocycles. The summed E-state index contributed by atoms with van der Waals surface area (Å²) in [6, 6.07) is 6.77. The Labute approximate surface area is 184 Å². The molecule has 1 aliphatic carbocycles. The second-order valence-electron chi connectivity index (χ2n) is 9.06. The van der Waals surface area contributed by atoms with Gasteiger partial charge in [-0.15, -0.1) is 0 Å². The zero-order valence-electron chi connectivity index (χ0n) is 18.2. The maximum absolute atomic E-state index is 13.9. The maximum Gasteiger partial charge on any atom is 0.225 e. The number of carbonyl (C=O) groups excluding carboxylic acids is 2. The van der Waals surface area contributed by atoms with Crippen molar-refractivity contribution in [2.45, 2.75) is 57.0 Å². The number of nitrogens with zero attached hydrogens (tertiary/aromatic N) is 2. The number of amides is 2. The monoisotopic (exact) mass is 431 g/mol. The van der Waals surface area contributed by atoms with Crippen LogP contribution in [0.2, 0.25) is 0 Å². The highest BCUT2D eigenvalue weighted by Crippen LogP contribution is 2.28. The van der Waals surface area contributed by atoms with Gasteiger partial charge >= 0.3 is 0 Å². The Kier molecular flexibility index (Phi) is 7.56. The molecule has 2 amide bonds. The summed E-state index contributed by atoms with van der Waals surface area (Å²) in [6.07, 6.45) is 7.22. The Morgan fingerprint density at radius 1 is 1.16 bits per heavy atom. The van der Waals surface area contributed by atoms with Crippen LogP contribution >= 0.6 is 0 Å². The van der Waals surface area contributed by atoms with Gasteiger partial charge in [-0.1, -0.05) is 37.8 Å². The van der Waals surface area contributed by atoms with Crippen LogP contribution < -0.4 is 5.32 Å². The molecule has 2 aliphatic heterocycles. The van der Waals surface area contributed by atoms with Gasteiger partial charge in [0.2, 0.25) is 11.8 Å². The second-order valence-corrected chi connectivity index (χ2v) is 9.06. The number of hydrogen-bond donors (Lipinski definition) is 1. The molecule has 3 fully saturated rings. The predicted molar refractivity (Wildman–Crippen MR) is 116 cm³/mol. The van der Waals surface area contributed by atoms with Crippen LogP contribution in [0.3, 0.4) is 0 Å². The van der Waals surface area contributed by atoms with Gasteiger partial charge in [-0.3, -0.25) is 14.5 Å². The van der Waals surface area contributed by atoms with E-state index in [0.717, 1.165) is 31.5 Å². The van der Waals surface area contributed by atoms with Crippen molar-refractivity contribution in [2.75, 3.05) is 39.4 Å². The molecule has 6 nitrogen and oxygen atoms in total. The first-order valence-electron chi connectivity index (χ1n) is 11.8. The molecule has 3 aliphatic rings. The third-order valence-electron chi connectivity index (χ3n) is 6.98. The highest BCUT2D eigenvalue weighted by molar-refractivity contribution is 5.89. The molecule has 0 spiro atoms. The lowest BCUT2D eigenvalue weighted by molar-refractivity contribution is -0.130. The Balaban J connectivity index is 1.37. The largest absolute Gasteiger partial charge is 0.379 e. The standard InChI is InChI=1S/C24H34FN3O3/c25-20-7-5-6-18(14-20)22(27-10-12-31-13-11-27)16-26-24(30)19-15-23(29)28(17-19)21-8-3-1-2-4-9-21/h5-7,14,19,21-22H,1-4,8-13,15-17H2,(H,26,30). The number of morpholine rings is 1. The van der Waals surface area contributed by atoms with Gasteiger partial charge in [0.1, 0.15) is 5.82 Å². The molecule has 4 rings (SSSR count). The van der Waals surface area contributed by atoms with Gasteiger partial charge in [0.25, 0.3) is 0 Å². The van der Waals surface area contributed by atoms with E-state index in [4.69, 9.17) is 4.74 Å². The molecule has 2 atom stereocenters. The molecular formula is C24H34FN3O3. The number of nitrogens with one attached hydrogen (secondary N) is 1. The first-order chi connectivity index (χ1) is 15.1. The molecule has 2 heterocycles. The number of rotatable bonds is 6. The van der Waals surface area contributed by atoms with Crippen LogP contribution in [0, 0.1) is 11.7 Å². The predicted octanol–water partition coefficient (Wildman–Crippen LogP) is 2.89. The van der Waals surface area contributed by atoms with Gasteiger partial charge in [0.05, 0.1) is 25.2 Å². The Hall–Kier alpha value is -1.99. The van der Waals surface area contributed by atoms with Crippen molar-refractivity contribution in [3.8, 4) is 0 Å². The molecule has 0 aromatic heterocycles. The van der Waals surface area contributed by atoms with E-state index in [2.05, 4.69) is 10.2 Å². The highest BCUT2D eigenvalue weighted by atomic mass is 19.1. The molecule has 0 bridgehead atoms. The van der Waals surface area contributed by atoms with Crippen LogP contribution in [0.4, 0.5) is 4.39 Å². The van der Waals surface area contributed by atoms with E-state index >= 15 is 0 Å². The van der Waals surface area contributed by atoms with E-state index in [-0.39, 0.29) is 29.6 Å². The summed E-state index contributed by atoms with van der Waals surface area (Å²) in [6.45, 7) is 3.68. The van der Waals surface area contributed by atoms with E-state index in [1.807, 2.05) is 11.0 Å². The summed E-state index contributed by atoms with van der Waals surface area (Å²) in [4.78, 5) is 29.8. The Morgan fingerprint density at radius 3 is 2.61 bits per heavy atom. The fraction of sp³-hybridized carbons (Fsp3) is 0.667. The molecule has 2 saturated heterocycles. The van der Waals surface area contributed by atoms with Crippen molar-refractivity contribution in [1.29, 1.82) is 0 Å². The van der Waals surface area contributed by atoms with Crippen LogP contribution in [0.5, 0.6) is 0 Å². The van der Waals surface area contributed by atoms with E-state index < -0.39 is 0 Å². The number of hydrogen-bond acceptors (Lipinski definition) is 4. The lowest BCUT2D eigenvalue weighted by atomic mass is 10.0. The summed E-state index contributed by atoms with van der Waals surface area (Å²) < 4.78 is 19.3. The van der Waals surface area contributed by atoms with Crippen molar-refractivity contribution in [1.82, 2.24) is 15.1 Å². The van der Waals surface area contributed by atoms with E-state index in [1.54, 1.807) is 12.1 Å². The summed E-state index contributed by atoms with van der Waals surface area (Å²) >= 11 is 0. The number of halogens is 1. The summed E-state index contributed by atoms with van der Waals surface area (Å²) in [5, 5.41) is 3.07. The van der Waals surface area contributed by atoms with E-state index in [9.17, 15) is 14.0 Å². The second kappa shape index (κ2) is 10.6. The van der Waals surface area contributed by atoms with Gasteiger partial charge in [-0.25, -0.2) is 4.39 Å². The van der Waals surface area contributed by atoms with E-state index in [1.165, 1.54) is 31.7 Å². The fourth-order valence-corrected chi connectivity index (χ4v) is 5.23. The molecule has 0 radical (unpaired) electrons. The van der Waals surface area contributed by atoms with Crippen molar-refractivity contribution in [2.24, 2.45) is 5.92 Å². The van der Waals surface area contributed by atoms with Crippen LogP contribution in [-0.4, -0.2) is 67.0 Å². The van der Waals surface area contributed by atoms with Gasteiger partial charge < -0.3 is 15.0 Å². The lowest BCUT2D eigenvalue weighted by Crippen LogP contribution is -2.45. The minimum absolute atomic E-state index is 0.0702. The Bertz CT molecular complexity index is 760. The molecule has 1 aromatic carbocycles. The number of ether oxygens (including phenoxy) is 1. The van der Waals surface area contributed by atoms with Gasteiger partial charge in [-0.2, -0.15) is 0 Å². The minimum atomic E-state index is -0.298. The normalized spacial score (nSPS) is 24.7. The van der Waals surface area contributed by atoms with Crippen LogP contribution in [0.25, 0.3) is 0 Å². The number of benzene rings is 1. The van der Waals surface area contributed by atoms with Crippen molar-refractivity contribution in [3.63, 3.8) is 0 Å². The zero-order valence-corrected chi connectivity index (χ0v) is 18.2. The Morgan fingerprint density at radius 2 is 1.90 bits per heavy atom. The summed E-state index contributed by atoms with van der Waals surface area (Å²) in [5.41, 5.74) is 0.852. The molecule has 170 valence electrons. The van der Waals surface area contributed by atoms with Crippen LogP contribution in [0.15, 0.2) is 24.3 Å². The number of carbonyl (C=O) groups is 2. The maximum atomic E-state index is 13.9. The average molecular weight is 432 g/mol. The minimum Gasteiger partial charge on any atom is -0.379 e. The quantitative estimate of drug-likeness (QED) is 0.704. The SMILES string of the molecule is O=C(NCC(c1cccc(F)c1)N1CCOCC1)C1CC(=O)N(C2CCCCCC2)C1. The first-order valence-corrected chi connectivity index (χ1v) is 11.8. The van der Waals surface area contributed by atoms with E-state index in [0.29, 0.717) is 38.8 Å². The third-order valence-corrected chi connectivity index (χ3v) is 6.98. The van der Waals surface area contributed by atoms with Crippen LogP contribution in [0.1, 0.15) is 56.6 Å². The van der Waals surface area contributed by atoms with Gasteiger partial charge in [0.15, 0.2) is 0 Å². The van der Waals surface area contributed by atoms with Crippen molar-refractivity contribution >= 4 is 11.8 Å². The van der Waals surface area contributed by atoms with Crippen molar-refractivity contribution in [3.05, 3.63) is 35.6 Å². The summed E-state index contributed by atoms with van der Waals surface area (Å²) in [7, 11) is 0. The number of likely N-dealkylation sites (tertiary alicyclic amines) is 1. The molecule has 2 unspecified atom stereocenters. The van der Waals surface area contributed by atoms with Gasteiger partial charge in [-0.05, 0) is 30.5 Å². The lowest BCUT2D eigenvalue weighted by Gasteiger charge is -2.35. The van der Waals surface area contributed by atoms with Crippen LogP contribution in [-0.2, 0) is 14.3 Å². The summed E-state index contributed by atoms with van der Waals surface area (Å²) in [5.74, 6) is -0.530. The van der Waals surface area contributed by atoms with Gasteiger partial charge in [0, 0.05) is 38.6 Å². The molecule has 1 N–H and O–H groups in total. The fourth-order valence-electron chi connectivity index (χ4n) is 5.23. The molecule has 31 heavy (non-hydrogen) atoms.